The van der Waals surface area contributed by atoms with Crippen molar-refractivity contribution in [3.05, 3.63) is 35.2 Å². The van der Waals surface area contributed by atoms with E-state index in [1.165, 1.54) is 26.0 Å². The second-order valence-electron chi connectivity index (χ2n) is 5.07. The maximum Gasteiger partial charge on any atom is 0.266 e. The summed E-state index contributed by atoms with van der Waals surface area (Å²) in [5, 5.41) is 3.58. The highest BCUT2D eigenvalue weighted by Crippen LogP contribution is 2.30. The molecule has 2 aromatic rings. The number of amides is 1. The number of hydrogen-bond acceptors (Lipinski definition) is 7. The zero-order chi connectivity index (χ0) is 17.3. The van der Waals surface area contributed by atoms with Crippen LogP contribution in [0.15, 0.2) is 27.6 Å². The molecule has 1 aliphatic rings. The van der Waals surface area contributed by atoms with E-state index in [1.54, 1.807) is 6.07 Å². The highest BCUT2D eigenvalue weighted by molar-refractivity contribution is 7.89. The first-order valence-electron chi connectivity index (χ1n) is 7.03. The van der Waals surface area contributed by atoms with Gasteiger partial charge in [-0.25, -0.2) is 8.42 Å². The van der Waals surface area contributed by atoms with E-state index in [9.17, 15) is 13.2 Å². The monoisotopic (exact) mass is 353 g/mol. The molecule has 1 aromatic carbocycles. The molecule has 0 radical (unpaired) electrons. The minimum Gasteiger partial charge on any atom is -0.486 e. The van der Waals surface area contributed by atoms with Gasteiger partial charge in [-0.2, -0.15) is 0 Å². The lowest BCUT2D eigenvalue weighted by Gasteiger charge is -2.18. The second-order valence-corrected chi connectivity index (χ2v) is 6.69. The Bertz CT molecular complexity index is 870. The largest absolute Gasteiger partial charge is 0.486 e. The van der Waals surface area contributed by atoms with Gasteiger partial charge in [0.2, 0.25) is 0 Å². The number of carbonyl (C=O) groups is 1. The van der Waals surface area contributed by atoms with E-state index in [4.69, 9.17) is 14.0 Å². The highest BCUT2D eigenvalue weighted by atomic mass is 32.2. The molecule has 1 aliphatic heterocycles. The molecule has 0 saturated heterocycles. The summed E-state index contributed by atoms with van der Waals surface area (Å²) in [5.41, 5.74) is 2.57. The third-order valence-electron chi connectivity index (χ3n) is 3.34. The molecule has 2 N–H and O–H groups in total. The van der Waals surface area contributed by atoms with Crippen LogP contribution >= 0.6 is 0 Å². The molecular formula is C14H15N3O6S. The number of rotatable bonds is 4. The van der Waals surface area contributed by atoms with Gasteiger partial charge in [-0.3, -0.25) is 10.2 Å². The summed E-state index contributed by atoms with van der Waals surface area (Å²) in [5.74, 6) is 0.465. The number of nitrogens with zero attached hydrogens (tertiary/aromatic N) is 1. The molecule has 10 heteroatoms. The molecular weight excluding hydrogens is 338 g/mol. The molecule has 9 nitrogen and oxygen atoms in total. The number of hydrazine groups is 1. The Morgan fingerprint density at radius 1 is 1.17 bits per heavy atom. The predicted molar refractivity (Wildman–Crippen MR) is 81.2 cm³/mol. The Kier molecular flexibility index (Phi) is 4.16. The van der Waals surface area contributed by atoms with E-state index in [0.29, 0.717) is 24.7 Å². The van der Waals surface area contributed by atoms with Crippen LogP contribution in [0.5, 0.6) is 11.5 Å². The van der Waals surface area contributed by atoms with Gasteiger partial charge in [0, 0.05) is 5.56 Å². The van der Waals surface area contributed by atoms with Crippen LogP contribution in [0.3, 0.4) is 0 Å². The van der Waals surface area contributed by atoms with Crippen LogP contribution < -0.4 is 19.7 Å². The van der Waals surface area contributed by atoms with Crippen molar-refractivity contribution in [2.75, 3.05) is 13.2 Å². The minimum absolute atomic E-state index is 0.107. The normalized spacial score (nSPS) is 13.6. The Hall–Kier alpha value is -2.59. The van der Waals surface area contributed by atoms with E-state index < -0.39 is 15.9 Å². The molecule has 0 fully saturated rings. The van der Waals surface area contributed by atoms with Crippen molar-refractivity contribution in [3.63, 3.8) is 0 Å². The summed E-state index contributed by atoms with van der Waals surface area (Å²) in [7, 11) is -3.99. The zero-order valence-electron chi connectivity index (χ0n) is 13.0. The van der Waals surface area contributed by atoms with Gasteiger partial charge in [-0.15, -0.1) is 4.83 Å². The molecule has 0 bridgehead atoms. The van der Waals surface area contributed by atoms with E-state index in [0.717, 1.165) is 0 Å². The number of benzene rings is 1. The van der Waals surface area contributed by atoms with E-state index in [1.807, 2.05) is 4.83 Å². The minimum atomic E-state index is -3.99. The summed E-state index contributed by atoms with van der Waals surface area (Å²) in [4.78, 5) is 14.1. The van der Waals surface area contributed by atoms with Crippen molar-refractivity contribution in [1.29, 1.82) is 0 Å². The van der Waals surface area contributed by atoms with Crippen LogP contribution in [0.2, 0.25) is 0 Å². The molecule has 1 amide bonds. The molecule has 2 heterocycles. The van der Waals surface area contributed by atoms with Crippen molar-refractivity contribution < 1.29 is 27.2 Å². The fourth-order valence-electron chi connectivity index (χ4n) is 2.28. The number of nitrogens with one attached hydrogen (secondary N) is 2. The Morgan fingerprint density at radius 2 is 1.88 bits per heavy atom. The van der Waals surface area contributed by atoms with Crippen LogP contribution in [0.4, 0.5) is 0 Å². The molecule has 0 unspecified atom stereocenters. The van der Waals surface area contributed by atoms with Crippen LogP contribution in [0, 0.1) is 13.8 Å². The third-order valence-corrected chi connectivity index (χ3v) is 4.83. The van der Waals surface area contributed by atoms with E-state index in [-0.39, 0.29) is 21.9 Å². The fourth-order valence-corrected chi connectivity index (χ4v) is 3.45. The van der Waals surface area contributed by atoms with Crippen LogP contribution in [0.25, 0.3) is 0 Å². The van der Waals surface area contributed by atoms with Gasteiger partial charge in [0.1, 0.15) is 23.8 Å². The first-order chi connectivity index (χ1) is 11.4. The first-order valence-corrected chi connectivity index (χ1v) is 8.51. The van der Waals surface area contributed by atoms with Crippen molar-refractivity contribution in [2.45, 2.75) is 18.7 Å². The molecule has 0 atom stereocenters. The highest BCUT2D eigenvalue weighted by Gasteiger charge is 2.25. The average Bonchev–Trinajstić information content (AvgIpc) is 2.91. The molecule has 0 spiro atoms. The fraction of sp³-hybridized carbons (Fsp3) is 0.286. The lowest BCUT2D eigenvalue weighted by molar-refractivity contribution is 0.0944. The molecule has 1 aromatic heterocycles. The third kappa shape index (κ3) is 3.05. The Labute approximate surface area is 137 Å². The van der Waals surface area contributed by atoms with Crippen molar-refractivity contribution in [3.8, 4) is 11.5 Å². The van der Waals surface area contributed by atoms with Crippen LogP contribution in [-0.2, 0) is 10.0 Å². The lowest BCUT2D eigenvalue weighted by Crippen LogP contribution is -2.41. The summed E-state index contributed by atoms with van der Waals surface area (Å²) in [6, 6.07) is 4.58. The second kappa shape index (κ2) is 6.13. The smallest absolute Gasteiger partial charge is 0.266 e. The number of hydrogen-bond donors (Lipinski definition) is 2. The predicted octanol–water partition coefficient (Wildman–Crippen LogP) is 0.686. The van der Waals surface area contributed by atoms with Gasteiger partial charge in [0.25, 0.3) is 15.9 Å². The molecule has 0 saturated carbocycles. The first kappa shape index (κ1) is 16.3. The van der Waals surface area contributed by atoms with Gasteiger partial charge in [0.05, 0.1) is 0 Å². The van der Waals surface area contributed by atoms with Crippen LogP contribution in [-0.4, -0.2) is 32.7 Å². The van der Waals surface area contributed by atoms with Gasteiger partial charge >= 0.3 is 0 Å². The van der Waals surface area contributed by atoms with Gasteiger partial charge < -0.3 is 14.0 Å². The standard InChI is InChI=1S/C14H15N3O6S/c1-8-13(9(2)23-16-8)24(19,20)17-15-14(18)10-3-4-11-12(7-10)22-6-5-21-11/h3-4,7,17H,5-6H2,1-2H3,(H,15,18). The quantitative estimate of drug-likeness (QED) is 0.776. The summed E-state index contributed by atoms with van der Waals surface area (Å²) in [6.45, 7) is 3.79. The maximum absolute atomic E-state index is 12.2. The van der Waals surface area contributed by atoms with Gasteiger partial charge in [-0.1, -0.05) is 5.16 Å². The van der Waals surface area contributed by atoms with Gasteiger partial charge in [-0.05, 0) is 32.0 Å². The van der Waals surface area contributed by atoms with Crippen molar-refractivity contribution in [2.24, 2.45) is 0 Å². The van der Waals surface area contributed by atoms with Crippen LogP contribution in [0.1, 0.15) is 21.8 Å². The molecule has 24 heavy (non-hydrogen) atoms. The molecule has 3 rings (SSSR count). The lowest BCUT2D eigenvalue weighted by atomic mass is 10.2. The number of fused-ring (bicyclic) bond motifs is 1. The molecule has 128 valence electrons. The summed E-state index contributed by atoms with van der Waals surface area (Å²) >= 11 is 0. The Morgan fingerprint density at radius 3 is 2.54 bits per heavy atom. The van der Waals surface area contributed by atoms with Crippen molar-refractivity contribution in [1.82, 2.24) is 15.4 Å². The number of aryl methyl sites for hydroxylation is 2. The van der Waals surface area contributed by atoms with Crippen molar-refractivity contribution >= 4 is 15.9 Å². The Balaban J connectivity index is 1.74. The number of sulfonamides is 1. The van der Waals surface area contributed by atoms with E-state index >= 15 is 0 Å². The SMILES string of the molecule is Cc1noc(C)c1S(=O)(=O)NNC(=O)c1ccc2c(c1)OCCO2. The van der Waals surface area contributed by atoms with Gasteiger partial charge in [0.15, 0.2) is 17.3 Å². The number of ether oxygens (including phenoxy) is 2. The number of aromatic nitrogens is 1. The maximum atomic E-state index is 12.2. The molecule has 0 aliphatic carbocycles. The number of carbonyl (C=O) groups excluding carboxylic acids is 1. The van der Waals surface area contributed by atoms with E-state index in [2.05, 4.69) is 10.6 Å². The average molecular weight is 353 g/mol. The summed E-state index contributed by atoms with van der Waals surface area (Å²) in [6.07, 6.45) is 0. The topological polar surface area (TPSA) is 120 Å². The summed E-state index contributed by atoms with van der Waals surface area (Å²) < 4.78 is 40.0. The zero-order valence-corrected chi connectivity index (χ0v) is 13.8.